The second-order valence-corrected chi connectivity index (χ2v) is 6.44. The SMILES string of the molecule is CN(CC(=O)Nc1cccc(Cl)c1)c1nc2c(F)cccc2s1. The first-order chi connectivity index (χ1) is 11.0. The molecule has 0 saturated heterocycles. The van der Waals surface area contributed by atoms with E-state index in [1.807, 2.05) is 0 Å². The lowest BCUT2D eigenvalue weighted by Crippen LogP contribution is -2.29. The summed E-state index contributed by atoms with van der Waals surface area (Å²) in [7, 11) is 1.74. The molecule has 2 aromatic carbocycles. The maximum absolute atomic E-state index is 13.7. The summed E-state index contributed by atoms with van der Waals surface area (Å²) in [5, 5.41) is 3.91. The molecule has 0 aliphatic carbocycles. The third kappa shape index (κ3) is 3.60. The number of carbonyl (C=O) groups is 1. The number of nitrogens with zero attached hydrogens (tertiary/aromatic N) is 2. The van der Waals surface area contributed by atoms with Crippen molar-refractivity contribution in [1.82, 2.24) is 4.98 Å². The number of fused-ring (bicyclic) bond motifs is 1. The summed E-state index contributed by atoms with van der Waals surface area (Å²) in [6, 6.07) is 11.8. The van der Waals surface area contributed by atoms with Gasteiger partial charge in [-0.15, -0.1) is 0 Å². The van der Waals surface area contributed by atoms with E-state index in [9.17, 15) is 9.18 Å². The first kappa shape index (κ1) is 15.7. The highest BCUT2D eigenvalue weighted by molar-refractivity contribution is 7.22. The van der Waals surface area contributed by atoms with Gasteiger partial charge in [0.25, 0.3) is 0 Å². The third-order valence-corrected chi connectivity index (χ3v) is 4.54. The van der Waals surface area contributed by atoms with Crippen LogP contribution in [0.3, 0.4) is 0 Å². The van der Waals surface area contributed by atoms with Crippen LogP contribution in [0.2, 0.25) is 5.02 Å². The van der Waals surface area contributed by atoms with Gasteiger partial charge in [-0.3, -0.25) is 4.79 Å². The molecule has 0 radical (unpaired) electrons. The van der Waals surface area contributed by atoms with Crippen molar-refractivity contribution < 1.29 is 9.18 Å². The minimum atomic E-state index is -0.359. The molecule has 1 heterocycles. The summed E-state index contributed by atoms with van der Waals surface area (Å²) in [4.78, 5) is 18.0. The quantitative estimate of drug-likeness (QED) is 0.769. The lowest BCUT2D eigenvalue weighted by Gasteiger charge is -2.15. The number of para-hydroxylation sites is 1. The molecule has 1 aromatic heterocycles. The van der Waals surface area contributed by atoms with Crippen LogP contribution in [-0.4, -0.2) is 24.5 Å². The lowest BCUT2D eigenvalue weighted by molar-refractivity contribution is -0.114. The Balaban J connectivity index is 1.71. The summed E-state index contributed by atoms with van der Waals surface area (Å²) in [6.07, 6.45) is 0. The van der Waals surface area contributed by atoms with Gasteiger partial charge in [0.2, 0.25) is 5.91 Å². The number of rotatable bonds is 4. The Bertz CT molecular complexity index is 867. The predicted molar refractivity (Wildman–Crippen MR) is 92.9 cm³/mol. The molecule has 0 saturated carbocycles. The number of carbonyl (C=O) groups excluding carboxylic acids is 1. The highest BCUT2D eigenvalue weighted by Gasteiger charge is 2.14. The second kappa shape index (κ2) is 6.52. The van der Waals surface area contributed by atoms with Gasteiger partial charge in [0, 0.05) is 17.8 Å². The van der Waals surface area contributed by atoms with E-state index in [1.54, 1.807) is 48.3 Å². The molecule has 118 valence electrons. The van der Waals surface area contributed by atoms with E-state index in [2.05, 4.69) is 10.3 Å². The summed E-state index contributed by atoms with van der Waals surface area (Å²) in [6.45, 7) is 0.105. The van der Waals surface area contributed by atoms with E-state index in [4.69, 9.17) is 11.6 Å². The lowest BCUT2D eigenvalue weighted by atomic mass is 10.3. The van der Waals surface area contributed by atoms with Crippen LogP contribution in [-0.2, 0) is 4.79 Å². The van der Waals surface area contributed by atoms with Crippen LogP contribution in [0.5, 0.6) is 0 Å². The Hall–Kier alpha value is -2.18. The van der Waals surface area contributed by atoms with Crippen molar-refractivity contribution >= 4 is 49.9 Å². The highest BCUT2D eigenvalue weighted by atomic mass is 35.5. The van der Waals surface area contributed by atoms with E-state index >= 15 is 0 Å². The number of aromatic nitrogens is 1. The van der Waals surface area contributed by atoms with Gasteiger partial charge in [0.1, 0.15) is 11.3 Å². The Kier molecular flexibility index (Phi) is 4.45. The molecule has 1 N–H and O–H groups in total. The zero-order valence-corrected chi connectivity index (χ0v) is 13.8. The molecule has 3 rings (SSSR count). The number of anilines is 2. The molecule has 0 spiro atoms. The normalized spacial score (nSPS) is 10.7. The molecule has 3 aromatic rings. The van der Waals surface area contributed by atoms with Crippen molar-refractivity contribution in [2.45, 2.75) is 0 Å². The summed E-state index contributed by atoms with van der Waals surface area (Å²) in [5.41, 5.74) is 0.959. The van der Waals surface area contributed by atoms with Crippen molar-refractivity contribution in [2.75, 3.05) is 23.8 Å². The number of thiazole rings is 1. The van der Waals surface area contributed by atoms with E-state index < -0.39 is 0 Å². The van der Waals surface area contributed by atoms with Crippen LogP contribution in [0, 0.1) is 5.82 Å². The van der Waals surface area contributed by atoms with E-state index in [0.717, 1.165) is 4.70 Å². The summed E-state index contributed by atoms with van der Waals surface area (Å²) < 4.78 is 14.4. The topological polar surface area (TPSA) is 45.2 Å². The van der Waals surface area contributed by atoms with Gasteiger partial charge in [0.05, 0.1) is 11.2 Å². The monoisotopic (exact) mass is 349 g/mol. The number of amides is 1. The Morgan fingerprint density at radius 2 is 2.13 bits per heavy atom. The Morgan fingerprint density at radius 3 is 2.87 bits per heavy atom. The summed E-state index contributed by atoms with van der Waals surface area (Å²) >= 11 is 7.23. The van der Waals surface area contributed by atoms with Gasteiger partial charge in [0.15, 0.2) is 5.13 Å². The number of halogens is 2. The smallest absolute Gasteiger partial charge is 0.243 e. The number of benzene rings is 2. The number of hydrogen-bond donors (Lipinski definition) is 1. The number of nitrogens with one attached hydrogen (secondary N) is 1. The average molecular weight is 350 g/mol. The van der Waals surface area contributed by atoms with Crippen molar-refractivity contribution in [3.63, 3.8) is 0 Å². The maximum Gasteiger partial charge on any atom is 0.243 e. The minimum Gasteiger partial charge on any atom is -0.342 e. The van der Waals surface area contributed by atoms with Crippen molar-refractivity contribution in [1.29, 1.82) is 0 Å². The predicted octanol–water partition coefficient (Wildman–Crippen LogP) is 4.16. The van der Waals surface area contributed by atoms with E-state index in [1.165, 1.54) is 17.4 Å². The number of likely N-dealkylation sites (N-methyl/N-ethyl adjacent to an activating group) is 1. The molecular weight excluding hydrogens is 337 g/mol. The second-order valence-electron chi connectivity index (χ2n) is 5.00. The third-order valence-electron chi connectivity index (χ3n) is 3.17. The van der Waals surface area contributed by atoms with Crippen molar-refractivity contribution in [2.24, 2.45) is 0 Å². The van der Waals surface area contributed by atoms with Gasteiger partial charge in [-0.25, -0.2) is 9.37 Å². The molecule has 0 atom stereocenters. The van der Waals surface area contributed by atoms with Crippen LogP contribution in [0.1, 0.15) is 0 Å². The molecule has 0 aliphatic heterocycles. The van der Waals surface area contributed by atoms with E-state index in [-0.39, 0.29) is 18.3 Å². The Labute approximate surface area is 141 Å². The highest BCUT2D eigenvalue weighted by Crippen LogP contribution is 2.29. The molecule has 0 aliphatic rings. The molecule has 0 unspecified atom stereocenters. The zero-order valence-electron chi connectivity index (χ0n) is 12.2. The van der Waals surface area contributed by atoms with Crippen molar-refractivity contribution in [3.8, 4) is 0 Å². The van der Waals surface area contributed by atoms with E-state index in [0.29, 0.717) is 21.4 Å². The molecule has 0 fully saturated rings. The number of hydrogen-bond acceptors (Lipinski definition) is 4. The molecule has 4 nitrogen and oxygen atoms in total. The largest absolute Gasteiger partial charge is 0.342 e. The molecule has 7 heteroatoms. The van der Waals surface area contributed by atoms with Crippen LogP contribution in [0.25, 0.3) is 10.2 Å². The van der Waals surface area contributed by atoms with Gasteiger partial charge >= 0.3 is 0 Å². The standard InChI is InChI=1S/C16H13ClFN3OS/c1-21(9-14(22)19-11-5-2-4-10(17)8-11)16-20-15-12(18)6-3-7-13(15)23-16/h2-8H,9H2,1H3,(H,19,22). The Morgan fingerprint density at radius 1 is 1.35 bits per heavy atom. The van der Waals surface area contributed by atoms with Gasteiger partial charge in [-0.1, -0.05) is 35.1 Å². The van der Waals surface area contributed by atoms with Gasteiger partial charge in [-0.05, 0) is 30.3 Å². The van der Waals surface area contributed by atoms with Crippen LogP contribution >= 0.6 is 22.9 Å². The fraction of sp³-hybridized carbons (Fsp3) is 0.125. The van der Waals surface area contributed by atoms with Crippen LogP contribution < -0.4 is 10.2 Å². The van der Waals surface area contributed by atoms with Crippen LogP contribution in [0.15, 0.2) is 42.5 Å². The minimum absolute atomic E-state index is 0.105. The average Bonchev–Trinajstić information content (AvgIpc) is 2.93. The first-order valence-electron chi connectivity index (χ1n) is 6.84. The molecule has 1 amide bonds. The summed E-state index contributed by atoms with van der Waals surface area (Å²) in [5.74, 6) is -0.559. The van der Waals surface area contributed by atoms with Gasteiger partial charge in [-0.2, -0.15) is 0 Å². The fourth-order valence-electron chi connectivity index (χ4n) is 2.12. The molecular formula is C16H13ClFN3OS. The van der Waals surface area contributed by atoms with Crippen LogP contribution in [0.4, 0.5) is 15.2 Å². The van der Waals surface area contributed by atoms with Crippen molar-refractivity contribution in [3.05, 3.63) is 53.3 Å². The zero-order chi connectivity index (χ0) is 16.4. The first-order valence-corrected chi connectivity index (χ1v) is 8.04. The molecule has 0 bridgehead atoms. The van der Waals surface area contributed by atoms with Gasteiger partial charge < -0.3 is 10.2 Å². The maximum atomic E-state index is 13.7. The molecule has 23 heavy (non-hydrogen) atoms. The fourth-order valence-corrected chi connectivity index (χ4v) is 3.25.